The Morgan fingerprint density at radius 1 is 1.31 bits per heavy atom. The molecule has 1 rings (SSSR count). The average molecular weight is 237 g/mol. The molecule has 0 radical (unpaired) electrons. The van der Waals surface area contributed by atoms with Gasteiger partial charge in [0.15, 0.2) is 6.29 Å². The lowest BCUT2D eigenvalue weighted by Gasteiger charge is -2.19. The van der Waals surface area contributed by atoms with Crippen molar-refractivity contribution in [3.8, 4) is 5.75 Å². The molecule has 0 aliphatic heterocycles. The Kier molecular flexibility index (Phi) is 3.86. The van der Waals surface area contributed by atoms with E-state index in [4.69, 9.17) is 4.43 Å². The summed E-state index contributed by atoms with van der Waals surface area (Å²) in [4.78, 5) is 15.3. The van der Waals surface area contributed by atoms with Crippen molar-refractivity contribution >= 4 is 15.3 Å². The molecule has 88 valence electrons. The van der Waals surface area contributed by atoms with Crippen LogP contribution in [-0.4, -0.2) is 20.3 Å². The Labute approximate surface area is 98.6 Å². The van der Waals surface area contributed by atoms with Gasteiger partial charge in [-0.3, -0.25) is 4.79 Å². The third kappa shape index (κ3) is 3.17. The van der Waals surface area contributed by atoms with Gasteiger partial charge in [0.05, 0.1) is 0 Å². The second-order valence-electron chi connectivity index (χ2n) is 5.11. The first-order valence-electron chi connectivity index (χ1n) is 5.48. The van der Waals surface area contributed by atoms with Crippen LogP contribution in [0.4, 0.5) is 0 Å². The molecule has 3 nitrogen and oxygen atoms in total. The monoisotopic (exact) mass is 237 g/mol. The Morgan fingerprint density at radius 3 is 2.38 bits per heavy atom. The minimum Gasteiger partial charge on any atom is -0.545 e. The fourth-order valence-corrected chi connectivity index (χ4v) is 2.03. The van der Waals surface area contributed by atoms with E-state index in [1.54, 1.807) is 0 Å². The first-order valence-corrected chi connectivity index (χ1v) is 8.26. The quantitative estimate of drug-likeness (QED) is 0.599. The lowest BCUT2D eigenvalue weighted by atomic mass is 9.91. The maximum absolute atomic E-state index is 11.0. The molecule has 0 saturated carbocycles. The molecule has 1 aromatic heterocycles. The van der Waals surface area contributed by atoms with Crippen LogP contribution >= 0.6 is 0 Å². The molecule has 16 heavy (non-hydrogen) atoms. The van der Waals surface area contributed by atoms with Crippen molar-refractivity contribution in [1.82, 2.24) is 4.98 Å². The molecule has 0 atom stereocenters. The summed E-state index contributed by atoms with van der Waals surface area (Å²) in [7, 11) is -1.20. The molecule has 0 unspecified atom stereocenters. The van der Waals surface area contributed by atoms with Crippen LogP contribution in [0.25, 0.3) is 0 Å². The van der Waals surface area contributed by atoms with Gasteiger partial charge in [-0.15, -0.1) is 0 Å². The number of hydrogen-bond donors (Lipinski definition) is 0. The van der Waals surface area contributed by atoms with Crippen molar-refractivity contribution in [2.45, 2.75) is 39.3 Å². The molecule has 0 fully saturated rings. The third-order valence-corrected chi connectivity index (χ3v) is 2.85. The second-order valence-corrected chi connectivity index (χ2v) is 7.45. The van der Waals surface area contributed by atoms with Crippen molar-refractivity contribution in [1.29, 1.82) is 0 Å². The highest BCUT2D eigenvalue weighted by atomic mass is 28.3. The molecular formula is C12H19NO2Si. The van der Waals surface area contributed by atoms with E-state index in [1.165, 1.54) is 0 Å². The molecule has 0 saturated heterocycles. The highest BCUT2D eigenvalue weighted by molar-refractivity contribution is 6.49. The van der Waals surface area contributed by atoms with Crippen molar-refractivity contribution in [2.24, 2.45) is 0 Å². The highest BCUT2D eigenvalue weighted by Gasteiger charge is 2.17. The first-order chi connectivity index (χ1) is 7.34. The maximum Gasteiger partial charge on any atom is 0.229 e. The molecule has 0 aromatic carbocycles. The minimum atomic E-state index is -1.20. The summed E-state index contributed by atoms with van der Waals surface area (Å²) < 4.78 is 5.65. The number of pyridine rings is 1. The Bertz CT molecular complexity index is 383. The lowest BCUT2D eigenvalue weighted by Crippen LogP contribution is -2.17. The van der Waals surface area contributed by atoms with Crippen LogP contribution in [0, 0.1) is 0 Å². The van der Waals surface area contributed by atoms with Gasteiger partial charge in [-0.1, -0.05) is 20.8 Å². The Balaban J connectivity index is 3.12. The van der Waals surface area contributed by atoms with Gasteiger partial charge >= 0.3 is 0 Å². The average Bonchev–Trinajstić information content (AvgIpc) is 2.15. The van der Waals surface area contributed by atoms with Crippen LogP contribution in [0.15, 0.2) is 12.1 Å². The fraction of sp³-hybridized carbons (Fsp3) is 0.500. The summed E-state index contributed by atoms with van der Waals surface area (Å²) in [5.41, 5.74) is 1.27. The molecule has 0 bridgehead atoms. The van der Waals surface area contributed by atoms with E-state index < -0.39 is 9.04 Å². The highest BCUT2D eigenvalue weighted by Crippen LogP contribution is 2.24. The summed E-state index contributed by atoms with van der Waals surface area (Å²) in [6.45, 7) is 10.3. The molecule has 0 aliphatic rings. The van der Waals surface area contributed by atoms with Crippen molar-refractivity contribution in [3.63, 3.8) is 0 Å². The van der Waals surface area contributed by atoms with Crippen LogP contribution in [0.5, 0.6) is 5.75 Å². The molecule has 0 amide bonds. The van der Waals surface area contributed by atoms with Gasteiger partial charge in [-0.2, -0.15) is 0 Å². The van der Waals surface area contributed by atoms with E-state index in [2.05, 4.69) is 38.8 Å². The largest absolute Gasteiger partial charge is 0.545 e. The molecule has 1 heterocycles. The second kappa shape index (κ2) is 4.78. The van der Waals surface area contributed by atoms with Crippen LogP contribution in [0.2, 0.25) is 13.1 Å². The lowest BCUT2D eigenvalue weighted by molar-refractivity contribution is 0.111. The van der Waals surface area contributed by atoms with E-state index in [0.29, 0.717) is 11.4 Å². The smallest absolute Gasteiger partial charge is 0.229 e. The van der Waals surface area contributed by atoms with Crippen LogP contribution < -0.4 is 4.43 Å². The van der Waals surface area contributed by atoms with E-state index >= 15 is 0 Å². The standard InChI is InChI=1S/C12H19NO2Si/c1-12(2,3)11-7-6-10(15-16(4)5)9(8-14)13-11/h6-8,16H,1-5H3. The van der Waals surface area contributed by atoms with Crippen LogP contribution in [0.3, 0.4) is 0 Å². The zero-order valence-corrected chi connectivity index (χ0v) is 11.7. The topological polar surface area (TPSA) is 39.2 Å². The SMILES string of the molecule is C[SiH](C)Oc1ccc(C(C)(C)C)nc1C=O. The van der Waals surface area contributed by atoms with Gasteiger partial charge in [0.25, 0.3) is 0 Å². The fourth-order valence-electron chi connectivity index (χ4n) is 1.32. The summed E-state index contributed by atoms with van der Waals surface area (Å²) in [6, 6.07) is 3.78. The number of aldehydes is 1. The van der Waals surface area contributed by atoms with Gasteiger partial charge in [0, 0.05) is 11.1 Å². The molecule has 0 spiro atoms. The Hall–Kier alpha value is -1.16. The molecule has 4 heteroatoms. The zero-order valence-electron chi connectivity index (χ0n) is 10.6. The number of rotatable bonds is 3. The predicted molar refractivity (Wildman–Crippen MR) is 67.8 cm³/mol. The maximum atomic E-state index is 11.0. The molecule has 1 aromatic rings. The van der Waals surface area contributed by atoms with Gasteiger partial charge in [0.1, 0.15) is 11.4 Å². The van der Waals surface area contributed by atoms with E-state index in [-0.39, 0.29) is 5.41 Å². The van der Waals surface area contributed by atoms with Crippen LogP contribution in [-0.2, 0) is 5.41 Å². The van der Waals surface area contributed by atoms with E-state index in [1.807, 2.05) is 12.1 Å². The van der Waals surface area contributed by atoms with Crippen molar-refractivity contribution < 1.29 is 9.22 Å². The van der Waals surface area contributed by atoms with Gasteiger partial charge in [-0.25, -0.2) is 4.98 Å². The first kappa shape index (κ1) is 12.9. The zero-order chi connectivity index (χ0) is 12.3. The van der Waals surface area contributed by atoms with Crippen molar-refractivity contribution in [2.75, 3.05) is 0 Å². The van der Waals surface area contributed by atoms with Crippen molar-refractivity contribution in [3.05, 3.63) is 23.5 Å². The van der Waals surface area contributed by atoms with E-state index in [0.717, 1.165) is 12.0 Å². The van der Waals surface area contributed by atoms with Gasteiger partial charge < -0.3 is 4.43 Å². The predicted octanol–water partition coefficient (Wildman–Crippen LogP) is 2.55. The number of carbonyl (C=O) groups excluding carboxylic acids is 1. The molecule has 0 N–H and O–H groups in total. The normalized spacial score (nSPS) is 11.6. The molecular weight excluding hydrogens is 218 g/mol. The number of aromatic nitrogens is 1. The Morgan fingerprint density at radius 2 is 1.94 bits per heavy atom. The summed E-state index contributed by atoms with van der Waals surface area (Å²) in [6.07, 6.45) is 0.765. The van der Waals surface area contributed by atoms with Gasteiger partial charge in [-0.05, 0) is 25.2 Å². The summed E-state index contributed by atoms with van der Waals surface area (Å²) in [5, 5.41) is 0. The minimum absolute atomic E-state index is 0.0501. The van der Waals surface area contributed by atoms with E-state index in [9.17, 15) is 4.79 Å². The number of hydrogen-bond acceptors (Lipinski definition) is 3. The number of carbonyl (C=O) groups is 1. The van der Waals surface area contributed by atoms with Gasteiger partial charge in [0.2, 0.25) is 9.04 Å². The summed E-state index contributed by atoms with van der Waals surface area (Å²) >= 11 is 0. The van der Waals surface area contributed by atoms with Crippen LogP contribution in [0.1, 0.15) is 37.0 Å². The third-order valence-electron chi connectivity index (χ3n) is 2.13. The molecule has 0 aliphatic carbocycles. The number of nitrogens with zero attached hydrogens (tertiary/aromatic N) is 1. The summed E-state index contributed by atoms with van der Waals surface area (Å²) in [5.74, 6) is 0.615.